The number of nitrogens with one attached hydrogen (secondary N) is 1. The number of hydrogen-bond donors (Lipinski definition) is 2. The van der Waals surface area contributed by atoms with Gasteiger partial charge in [0.15, 0.2) is 0 Å². The van der Waals surface area contributed by atoms with E-state index in [1.54, 1.807) is 0 Å². The van der Waals surface area contributed by atoms with Gasteiger partial charge in [-0.25, -0.2) is 0 Å². The second-order valence-electron chi connectivity index (χ2n) is 5.25. The highest BCUT2D eigenvalue weighted by Crippen LogP contribution is 2.12. The van der Waals surface area contributed by atoms with Crippen LogP contribution in [0.1, 0.15) is 47.5 Å². The van der Waals surface area contributed by atoms with Crippen molar-refractivity contribution in [3.8, 4) is 0 Å². The second kappa shape index (κ2) is 9.34. The van der Waals surface area contributed by atoms with Gasteiger partial charge in [0.1, 0.15) is 0 Å². The lowest BCUT2D eigenvalue weighted by molar-refractivity contribution is -0.127. The summed E-state index contributed by atoms with van der Waals surface area (Å²) in [7, 11) is 0. The Morgan fingerprint density at radius 3 is 2.17 bits per heavy atom. The van der Waals surface area contributed by atoms with Crippen molar-refractivity contribution in [1.82, 2.24) is 10.2 Å². The van der Waals surface area contributed by atoms with Crippen molar-refractivity contribution in [2.45, 2.75) is 59.5 Å². The minimum Gasteiger partial charge on any atom is -0.395 e. The van der Waals surface area contributed by atoms with Crippen LogP contribution in [0.4, 0.5) is 0 Å². The van der Waals surface area contributed by atoms with Crippen molar-refractivity contribution in [2.24, 2.45) is 5.92 Å². The molecule has 108 valence electrons. The predicted molar refractivity (Wildman–Crippen MR) is 75.5 cm³/mol. The third-order valence-electron chi connectivity index (χ3n) is 3.33. The van der Waals surface area contributed by atoms with Crippen molar-refractivity contribution in [3.63, 3.8) is 0 Å². The molecule has 4 nitrogen and oxygen atoms in total. The number of hydrogen-bond acceptors (Lipinski definition) is 3. The molecule has 0 aliphatic carbocycles. The third-order valence-corrected chi connectivity index (χ3v) is 3.33. The average Bonchev–Trinajstić information content (AvgIpc) is 2.35. The highest BCUT2D eigenvalue weighted by atomic mass is 16.3. The van der Waals surface area contributed by atoms with Gasteiger partial charge < -0.3 is 10.4 Å². The van der Waals surface area contributed by atoms with E-state index in [-0.39, 0.29) is 18.6 Å². The molecule has 0 aromatic carbocycles. The molecule has 0 rings (SSSR count). The molecular formula is C14H30N2O2. The molecule has 0 aliphatic rings. The van der Waals surface area contributed by atoms with Crippen LogP contribution >= 0.6 is 0 Å². The Balaban J connectivity index is 4.53. The van der Waals surface area contributed by atoms with Gasteiger partial charge in [0.25, 0.3) is 0 Å². The summed E-state index contributed by atoms with van der Waals surface area (Å²) in [4.78, 5) is 14.2. The first-order valence-electron chi connectivity index (χ1n) is 7.12. The molecule has 4 heteroatoms. The maximum absolute atomic E-state index is 12.1. The van der Waals surface area contributed by atoms with E-state index in [2.05, 4.69) is 37.9 Å². The summed E-state index contributed by atoms with van der Waals surface area (Å²) in [5.41, 5.74) is 0. The summed E-state index contributed by atoms with van der Waals surface area (Å²) in [6, 6.07) is 0.178. The van der Waals surface area contributed by atoms with Gasteiger partial charge in [-0.2, -0.15) is 0 Å². The third kappa shape index (κ3) is 5.83. The maximum Gasteiger partial charge on any atom is 0.237 e. The molecule has 0 spiro atoms. The van der Waals surface area contributed by atoms with Crippen LogP contribution in [-0.4, -0.2) is 47.7 Å². The molecule has 0 bridgehead atoms. The van der Waals surface area contributed by atoms with Crippen LogP contribution in [0.5, 0.6) is 0 Å². The predicted octanol–water partition coefficient (Wildman–Crippen LogP) is 1.63. The normalized spacial score (nSPS) is 13.4. The summed E-state index contributed by atoms with van der Waals surface area (Å²) < 4.78 is 0. The van der Waals surface area contributed by atoms with Gasteiger partial charge in [0.2, 0.25) is 5.91 Å². The number of aliphatic hydroxyl groups excluding tert-OH is 1. The largest absolute Gasteiger partial charge is 0.395 e. The SMILES string of the molecule is CCC(CC)N(CCO)C(C)C(=O)NCC(C)C. The Labute approximate surface area is 112 Å². The average molecular weight is 258 g/mol. The Morgan fingerprint density at radius 1 is 1.22 bits per heavy atom. The summed E-state index contributed by atoms with van der Waals surface area (Å²) in [6.45, 7) is 11.7. The van der Waals surface area contributed by atoms with Crippen LogP contribution in [0, 0.1) is 5.92 Å². The first-order chi connectivity index (χ1) is 8.47. The second-order valence-corrected chi connectivity index (χ2v) is 5.25. The molecule has 2 N–H and O–H groups in total. The molecule has 0 saturated heterocycles. The number of rotatable bonds is 9. The van der Waals surface area contributed by atoms with E-state index >= 15 is 0 Å². The van der Waals surface area contributed by atoms with E-state index in [0.29, 0.717) is 25.0 Å². The fourth-order valence-corrected chi connectivity index (χ4v) is 2.17. The summed E-state index contributed by atoms with van der Waals surface area (Å²) in [5.74, 6) is 0.518. The van der Waals surface area contributed by atoms with Crippen LogP contribution < -0.4 is 5.32 Å². The number of nitrogens with zero attached hydrogens (tertiary/aromatic N) is 1. The van der Waals surface area contributed by atoms with E-state index in [1.807, 2.05) is 6.92 Å². The summed E-state index contributed by atoms with van der Waals surface area (Å²) in [6.07, 6.45) is 2.00. The Bertz CT molecular complexity index is 228. The van der Waals surface area contributed by atoms with Crippen molar-refractivity contribution in [3.05, 3.63) is 0 Å². The molecule has 1 unspecified atom stereocenters. The highest BCUT2D eigenvalue weighted by Gasteiger charge is 2.25. The van der Waals surface area contributed by atoms with E-state index in [0.717, 1.165) is 12.8 Å². The van der Waals surface area contributed by atoms with Gasteiger partial charge in [-0.05, 0) is 25.7 Å². The molecule has 1 amide bonds. The minimum atomic E-state index is -0.180. The van der Waals surface area contributed by atoms with Crippen molar-refractivity contribution < 1.29 is 9.90 Å². The fraction of sp³-hybridized carbons (Fsp3) is 0.929. The molecule has 18 heavy (non-hydrogen) atoms. The molecule has 0 aromatic rings. The fourth-order valence-electron chi connectivity index (χ4n) is 2.17. The van der Waals surface area contributed by atoms with Crippen LogP contribution in [0.25, 0.3) is 0 Å². The quantitative estimate of drug-likeness (QED) is 0.661. The molecule has 1 atom stereocenters. The first kappa shape index (κ1) is 17.4. The lowest BCUT2D eigenvalue weighted by atomic mass is 10.1. The molecule has 0 heterocycles. The Kier molecular flexibility index (Phi) is 9.02. The monoisotopic (exact) mass is 258 g/mol. The van der Waals surface area contributed by atoms with Crippen molar-refractivity contribution >= 4 is 5.91 Å². The summed E-state index contributed by atoms with van der Waals surface area (Å²) >= 11 is 0. The number of aliphatic hydroxyl groups is 1. The molecule has 0 fully saturated rings. The van der Waals surface area contributed by atoms with Gasteiger partial charge >= 0.3 is 0 Å². The van der Waals surface area contributed by atoms with Crippen LogP contribution in [0.15, 0.2) is 0 Å². The van der Waals surface area contributed by atoms with Crippen LogP contribution in [0.3, 0.4) is 0 Å². The molecule has 0 aromatic heterocycles. The van der Waals surface area contributed by atoms with Crippen molar-refractivity contribution in [1.29, 1.82) is 0 Å². The number of carbonyl (C=O) groups is 1. The number of carbonyl (C=O) groups excluding carboxylic acids is 1. The van der Waals surface area contributed by atoms with Crippen molar-refractivity contribution in [2.75, 3.05) is 19.7 Å². The van der Waals surface area contributed by atoms with Gasteiger partial charge in [-0.15, -0.1) is 0 Å². The smallest absolute Gasteiger partial charge is 0.237 e. The first-order valence-corrected chi connectivity index (χ1v) is 7.12. The molecule has 0 aliphatic heterocycles. The van der Waals surface area contributed by atoms with Crippen LogP contribution in [0.2, 0.25) is 0 Å². The molecule has 0 saturated carbocycles. The zero-order valence-corrected chi connectivity index (χ0v) is 12.6. The lowest BCUT2D eigenvalue weighted by Crippen LogP contribution is -2.51. The van der Waals surface area contributed by atoms with Gasteiger partial charge in [0, 0.05) is 19.1 Å². The Hall–Kier alpha value is -0.610. The van der Waals surface area contributed by atoms with E-state index in [4.69, 9.17) is 5.11 Å². The van der Waals surface area contributed by atoms with E-state index in [1.165, 1.54) is 0 Å². The molecule has 0 radical (unpaired) electrons. The van der Waals surface area contributed by atoms with Gasteiger partial charge in [-0.1, -0.05) is 27.7 Å². The molecular weight excluding hydrogens is 228 g/mol. The lowest BCUT2D eigenvalue weighted by Gasteiger charge is -2.34. The Morgan fingerprint density at radius 2 is 1.78 bits per heavy atom. The number of amides is 1. The van der Waals surface area contributed by atoms with E-state index < -0.39 is 0 Å². The minimum absolute atomic E-state index is 0.0593. The van der Waals surface area contributed by atoms with E-state index in [9.17, 15) is 4.79 Å². The van der Waals surface area contributed by atoms with Crippen LogP contribution in [-0.2, 0) is 4.79 Å². The summed E-state index contributed by atoms with van der Waals surface area (Å²) in [5, 5.41) is 12.1. The zero-order valence-electron chi connectivity index (χ0n) is 12.6. The highest BCUT2D eigenvalue weighted by molar-refractivity contribution is 5.81. The van der Waals surface area contributed by atoms with Gasteiger partial charge in [0.05, 0.1) is 12.6 Å². The standard InChI is InChI=1S/C14H30N2O2/c1-6-13(7-2)16(8-9-17)12(5)14(18)15-10-11(3)4/h11-13,17H,6-10H2,1-5H3,(H,15,18). The topological polar surface area (TPSA) is 52.6 Å². The van der Waals surface area contributed by atoms with Gasteiger partial charge in [-0.3, -0.25) is 9.69 Å². The maximum atomic E-state index is 12.1. The zero-order chi connectivity index (χ0) is 14.1.